The van der Waals surface area contributed by atoms with E-state index in [1.807, 2.05) is 24.3 Å². The van der Waals surface area contributed by atoms with Crippen LogP contribution in [0.2, 0.25) is 0 Å². The minimum atomic E-state index is -0.229. The van der Waals surface area contributed by atoms with Crippen molar-refractivity contribution in [2.24, 2.45) is 0 Å². The number of benzene rings is 2. The average molecular weight is 371 g/mol. The standard InChI is InChI=1S/C22H27F2N3/c23-19-5-1-17(2-6-19)22(18-3-7-20(24)8-4-18)27-15-13-26(14-16-27)21-9-11-25-12-10-21/h1-8,21-22,25H,9-16H2. The molecule has 144 valence electrons. The molecule has 0 aromatic heterocycles. The Hall–Kier alpha value is -1.82. The molecule has 2 saturated heterocycles. The molecule has 27 heavy (non-hydrogen) atoms. The number of piperazine rings is 1. The van der Waals surface area contributed by atoms with Crippen LogP contribution in [0.15, 0.2) is 48.5 Å². The number of halogens is 2. The van der Waals surface area contributed by atoms with E-state index in [0.29, 0.717) is 6.04 Å². The van der Waals surface area contributed by atoms with Gasteiger partial charge in [-0.15, -0.1) is 0 Å². The molecule has 3 nitrogen and oxygen atoms in total. The van der Waals surface area contributed by atoms with Crippen molar-refractivity contribution in [2.45, 2.75) is 24.9 Å². The first-order chi connectivity index (χ1) is 13.2. The van der Waals surface area contributed by atoms with Crippen molar-refractivity contribution in [2.75, 3.05) is 39.3 Å². The van der Waals surface area contributed by atoms with Crippen LogP contribution in [0.3, 0.4) is 0 Å². The van der Waals surface area contributed by atoms with Crippen molar-refractivity contribution in [1.82, 2.24) is 15.1 Å². The van der Waals surface area contributed by atoms with Gasteiger partial charge in [-0.2, -0.15) is 0 Å². The largest absolute Gasteiger partial charge is 0.317 e. The molecule has 2 aromatic carbocycles. The van der Waals surface area contributed by atoms with E-state index < -0.39 is 0 Å². The number of piperidine rings is 1. The van der Waals surface area contributed by atoms with Crippen molar-refractivity contribution >= 4 is 0 Å². The van der Waals surface area contributed by atoms with Crippen molar-refractivity contribution < 1.29 is 8.78 Å². The van der Waals surface area contributed by atoms with E-state index in [4.69, 9.17) is 0 Å². The van der Waals surface area contributed by atoms with Crippen LogP contribution in [0.5, 0.6) is 0 Å². The van der Waals surface area contributed by atoms with E-state index in [9.17, 15) is 8.78 Å². The first kappa shape index (κ1) is 18.5. The molecule has 5 heteroatoms. The van der Waals surface area contributed by atoms with Gasteiger partial charge in [0.2, 0.25) is 0 Å². The fraction of sp³-hybridized carbons (Fsp3) is 0.455. The molecule has 4 rings (SSSR count). The molecule has 0 spiro atoms. The van der Waals surface area contributed by atoms with E-state index >= 15 is 0 Å². The zero-order valence-corrected chi connectivity index (χ0v) is 15.6. The molecular weight excluding hydrogens is 344 g/mol. The van der Waals surface area contributed by atoms with Gasteiger partial charge in [-0.25, -0.2) is 8.78 Å². The maximum Gasteiger partial charge on any atom is 0.123 e. The number of nitrogens with one attached hydrogen (secondary N) is 1. The smallest absolute Gasteiger partial charge is 0.123 e. The monoisotopic (exact) mass is 371 g/mol. The van der Waals surface area contributed by atoms with Crippen LogP contribution in [0.25, 0.3) is 0 Å². The normalized spacial score (nSPS) is 20.3. The molecule has 0 saturated carbocycles. The van der Waals surface area contributed by atoms with Crippen LogP contribution in [-0.2, 0) is 0 Å². The van der Waals surface area contributed by atoms with E-state index in [0.717, 1.165) is 50.4 Å². The van der Waals surface area contributed by atoms with Gasteiger partial charge in [-0.3, -0.25) is 9.80 Å². The zero-order valence-electron chi connectivity index (χ0n) is 15.6. The van der Waals surface area contributed by atoms with Gasteiger partial charge in [-0.1, -0.05) is 24.3 Å². The molecule has 0 aliphatic carbocycles. The third-order valence-corrected chi connectivity index (χ3v) is 5.91. The fourth-order valence-electron chi connectivity index (χ4n) is 4.44. The Morgan fingerprint density at radius 3 is 1.70 bits per heavy atom. The number of hydrogen-bond acceptors (Lipinski definition) is 3. The number of rotatable bonds is 4. The van der Waals surface area contributed by atoms with Crippen molar-refractivity contribution in [3.8, 4) is 0 Å². The summed E-state index contributed by atoms with van der Waals surface area (Å²) in [5.41, 5.74) is 2.11. The summed E-state index contributed by atoms with van der Waals surface area (Å²) in [5.74, 6) is -0.459. The van der Waals surface area contributed by atoms with E-state index in [2.05, 4.69) is 15.1 Å². The summed E-state index contributed by atoms with van der Waals surface area (Å²) in [4.78, 5) is 5.06. The van der Waals surface area contributed by atoms with Gasteiger partial charge in [-0.05, 0) is 61.3 Å². The lowest BCUT2D eigenvalue weighted by Gasteiger charge is -2.43. The molecular formula is C22H27F2N3. The van der Waals surface area contributed by atoms with Crippen molar-refractivity contribution in [3.05, 3.63) is 71.3 Å². The molecule has 2 aromatic rings. The Kier molecular flexibility index (Phi) is 5.81. The molecule has 0 radical (unpaired) electrons. The van der Waals surface area contributed by atoms with Crippen LogP contribution >= 0.6 is 0 Å². The molecule has 2 fully saturated rings. The summed E-state index contributed by atoms with van der Waals surface area (Å²) in [5, 5.41) is 3.43. The van der Waals surface area contributed by atoms with Gasteiger partial charge in [0.25, 0.3) is 0 Å². The molecule has 0 bridgehead atoms. The van der Waals surface area contributed by atoms with Gasteiger partial charge < -0.3 is 5.32 Å². The highest BCUT2D eigenvalue weighted by Crippen LogP contribution is 2.30. The van der Waals surface area contributed by atoms with Crippen LogP contribution in [0.1, 0.15) is 30.0 Å². The van der Waals surface area contributed by atoms with Gasteiger partial charge in [0.15, 0.2) is 0 Å². The van der Waals surface area contributed by atoms with Crippen LogP contribution < -0.4 is 5.32 Å². The predicted molar refractivity (Wildman–Crippen MR) is 104 cm³/mol. The Bertz CT molecular complexity index is 673. The van der Waals surface area contributed by atoms with E-state index in [1.54, 1.807) is 0 Å². The van der Waals surface area contributed by atoms with E-state index in [-0.39, 0.29) is 17.7 Å². The molecule has 0 unspecified atom stereocenters. The Labute approximate surface area is 160 Å². The lowest BCUT2D eigenvalue weighted by atomic mass is 9.95. The maximum atomic E-state index is 13.4. The molecule has 2 aliphatic rings. The summed E-state index contributed by atoms with van der Waals surface area (Å²) in [7, 11) is 0. The third-order valence-electron chi connectivity index (χ3n) is 5.91. The molecule has 2 heterocycles. The van der Waals surface area contributed by atoms with E-state index in [1.165, 1.54) is 37.1 Å². The van der Waals surface area contributed by atoms with Gasteiger partial charge in [0, 0.05) is 32.2 Å². The van der Waals surface area contributed by atoms with Crippen molar-refractivity contribution in [1.29, 1.82) is 0 Å². The second-order valence-electron chi connectivity index (χ2n) is 7.56. The Balaban J connectivity index is 1.52. The highest BCUT2D eigenvalue weighted by atomic mass is 19.1. The fourth-order valence-corrected chi connectivity index (χ4v) is 4.44. The molecule has 2 aliphatic heterocycles. The lowest BCUT2D eigenvalue weighted by molar-refractivity contribution is 0.0672. The third kappa shape index (κ3) is 4.37. The van der Waals surface area contributed by atoms with Crippen LogP contribution in [0.4, 0.5) is 8.78 Å². The summed E-state index contributed by atoms with van der Waals surface area (Å²) < 4.78 is 26.9. The summed E-state index contributed by atoms with van der Waals surface area (Å²) in [6.07, 6.45) is 2.44. The second kappa shape index (κ2) is 8.46. The number of nitrogens with zero attached hydrogens (tertiary/aromatic N) is 2. The van der Waals surface area contributed by atoms with Crippen LogP contribution in [0, 0.1) is 11.6 Å². The topological polar surface area (TPSA) is 18.5 Å². The number of hydrogen-bond donors (Lipinski definition) is 1. The zero-order chi connectivity index (χ0) is 18.6. The Morgan fingerprint density at radius 2 is 1.22 bits per heavy atom. The predicted octanol–water partition coefficient (Wildman–Crippen LogP) is 3.42. The lowest BCUT2D eigenvalue weighted by Crippen LogP contribution is -2.53. The van der Waals surface area contributed by atoms with Gasteiger partial charge in [0.1, 0.15) is 11.6 Å². The molecule has 0 amide bonds. The minimum Gasteiger partial charge on any atom is -0.317 e. The minimum absolute atomic E-state index is 0.0290. The summed E-state index contributed by atoms with van der Waals surface area (Å²) in [6, 6.07) is 14.2. The van der Waals surface area contributed by atoms with Gasteiger partial charge in [0.05, 0.1) is 6.04 Å². The maximum absolute atomic E-state index is 13.4. The second-order valence-corrected chi connectivity index (χ2v) is 7.56. The van der Waals surface area contributed by atoms with Crippen LogP contribution in [-0.4, -0.2) is 55.1 Å². The highest BCUT2D eigenvalue weighted by Gasteiger charge is 2.29. The Morgan fingerprint density at radius 1 is 0.741 bits per heavy atom. The molecule has 1 N–H and O–H groups in total. The summed E-state index contributed by atoms with van der Waals surface area (Å²) in [6.45, 7) is 6.23. The van der Waals surface area contributed by atoms with Crippen molar-refractivity contribution in [3.63, 3.8) is 0 Å². The SMILES string of the molecule is Fc1ccc(C(c2ccc(F)cc2)N2CCN(C3CCNCC3)CC2)cc1. The first-order valence-corrected chi connectivity index (χ1v) is 9.90. The summed E-state index contributed by atoms with van der Waals surface area (Å²) >= 11 is 0. The highest BCUT2D eigenvalue weighted by molar-refractivity contribution is 5.32. The first-order valence-electron chi connectivity index (χ1n) is 9.90. The molecule has 0 atom stereocenters. The van der Waals surface area contributed by atoms with Gasteiger partial charge >= 0.3 is 0 Å². The quantitative estimate of drug-likeness (QED) is 0.888. The average Bonchev–Trinajstić information content (AvgIpc) is 2.72.